The molecule has 2 heterocycles. The molecule has 1 amide bonds. The van der Waals surface area contributed by atoms with E-state index in [1.165, 1.54) is 0 Å². The van der Waals surface area contributed by atoms with E-state index in [-0.39, 0.29) is 35.9 Å². The second-order valence-electron chi connectivity index (χ2n) is 9.06. The van der Waals surface area contributed by atoms with Gasteiger partial charge < -0.3 is 16.2 Å². The zero-order chi connectivity index (χ0) is 23.4. The number of nitrogens with one attached hydrogen (secondary N) is 1. The van der Waals surface area contributed by atoms with Crippen LogP contribution in [0.5, 0.6) is 0 Å². The monoisotopic (exact) mass is 452 g/mol. The lowest BCUT2D eigenvalue weighted by molar-refractivity contribution is -0.141. The number of ketones is 1. The van der Waals surface area contributed by atoms with Gasteiger partial charge in [-0.3, -0.25) is 9.59 Å². The van der Waals surface area contributed by atoms with Crippen LogP contribution in [0.15, 0.2) is 6.20 Å². The fraction of sp³-hybridized carbons (Fsp3) is 0.550. The van der Waals surface area contributed by atoms with Crippen LogP contribution in [0.2, 0.25) is 0 Å². The Morgan fingerprint density at radius 3 is 2.62 bits per heavy atom. The molecule has 172 valence electrons. The van der Waals surface area contributed by atoms with Crippen LogP contribution in [-0.4, -0.2) is 48.7 Å². The molecule has 0 radical (unpaired) electrons. The van der Waals surface area contributed by atoms with Gasteiger partial charge in [-0.2, -0.15) is 18.3 Å². The number of aliphatic hydroxyl groups excluding tert-OH is 1. The van der Waals surface area contributed by atoms with Crippen molar-refractivity contribution < 1.29 is 27.9 Å². The lowest BCUT2D eigenvalue weighted by atomic mass is 9.75. The second-order valence-corrected chi connectivity index (χ2v) is 9.06. The first-order valence-electron chi connectivity index (χ1n) is 10.2. The highest BCUT2D eigenvalue weighted by molar-refractivity contribution is 6.00. The first-order chi connectivity index (χ1) is 14.9. The van der Waals surface area contributed by atoms with Crippen molar-refractivity contribution in [3.8, 4) is 5.82 Å². The molecule has 32 heavy (non-hydrogen) atoms. The number of rotatable bonds is 4. The van der Waals surface area contributed by atoms with Crippen molar-refractivity contribution in [1.82, 2.24) is 19.7 Å². The van der Waals surface area contributed by atoms with Gasteiger partial charge in [0.15, 0.2) is 28.8 Å². The van der Waals surface area contributed by atoms with E-state index in [0.29, 0.717) is 12.8 Å². The molecule has 2 aliphatic rings. The third kappa shape index (κ3) is 3.94. The standard InChI is InChI=1S/C20H23F3N6O3/c1-19(2)6-10-14(12(31)7-19)16(20(21,22)23)28-29(10)13-8-25-15(17(24)32)18(27-13)26-9-4-3-5-11(9)30/h8-9,11,30H,3-7H2,1-2H3,(H2,24,32)(H,26,27). The minimum Gasteiger partial charge on any atom is -0.391 e. The lowest BCUT2D eigenvalue weighted by Gasteiger charge is -2.29. The molecular weight excluding hydrogens is 429 g/mol. The quantitative estimate of drug-likeness (QED) is 0.647. The van der Waals surface area contributed by atoms with Crippen LogP contribution < -0.4 is 11.1 Å². The van der Waals surface area contributed by atoms with E-state index in [1.807, 2.05) is 0 Å². The second kappa shape index (κ2) is 7.54. The Kier molecular flexibility index (Phi) is 5.23. The van der Waals surface area contributed by atoms with E-state index in [1.54, 1.807) is 13.8 Å². The number of hydrogen-bond donors (Lipinski definition) is 3. The van der Waals surface area contributed by atoms with Gasteiger partial charge in [0.2, 0.25) is 0 Å². The minimum absolute atomic E-state index is 0.0343. The summed E-state index contributed by atoms with van der Waals surface area (Å²) in [5.74, 6) is -1.67. The van der Waals surface area contributed by atoms with E-state index in [9.17, 15) is 27.9 Å². The van der Waals surface area contributed by atoms with Crippen LogP contribution in [0.3, 0.4) is 0 Å². The van der Waals surface area contributed by atoms with Crippen LogP contribution in [0.4, 0.5) is 19.0 Å². The Hall–Kier alpha value is -3.02. The Morgan fingerprint density at radius 1 is 1.31 bits per heavy atom. The van der Waals surface area contributed by atoms with E-state index in [2.05, 4.69) is 20.4 Å². The van der Waals surface area contributed by atoms with Crippen LogP contribution in [0, 0.1) is 5.41 Å². The summed E-state index contributed by atoms with van der Waals surface area (Å²) in [6.07, 6.45) is -2.34. The molecule has 0 bridgehead atoms. The molecule has 0 saturated heterocycles. The topological polar surface area (TPSA) is 136 Å². The van der Waals surface area contributed by atoms with Crippen LogP contribution in [0.1, 0.15) is 71.8 Å². The summed E-state index contributed by atoms with van der Waals surface area (Å²) in [5.41, 5.74) is 2.96. The van der Waals surface area contributed by atoms with E-state index < -0.39 is 46.7 Å². The molecule has 2 aromatic heterocycles. The highest BCUT2D eigenvalue weighted by atomic mass is 19.4. The van der Waals surface area contributed by atoms with Crippen molar-refractivity contribution in [3.63, 3.8) is 0 Å². The molecule has 2 unspecified atom stereocenters. The summed E-state index contributed by atoms with van der Waals surface area (Å²) in [4.78, 5) is 32.7. The van der Waals surface area contributed by atoms with Gasteiger partial charge in [-0.25, -0.2) is 14.6 Å². The number of hydrogen-bond acceptors (Lipinski definition) is 7. The number of aromatic nitrogens is 4. The molecule has 1 fully saturated rings. The predicted octanol–water partition coefficient (Wildman–Crippen LogP) is 2.26. The summed E-state index contributed by atoms with van der Waals surface area (Å²) < 4.78 is 42.0. The smallest absolute Gasteiger partial charge is 0.391 e. The van der Waals surface area contributed by atoms with Gasteiger partial charge in [-0.1, -0.05) is 13.8 Å². The largest absolute Gasteiger partial charge is 0.435 e. The highest BCUT2D eigenvalue weighted by Gasteiger charge is 2.45. The van der Waals surface area contributed by atoms with Crippen molar-refractivity contribution in [1.29, 1.82) is 0 Å². The zero-order valence-electron chi connectivity index (χ0n) is 17.5. The van der Waals surface area contributed by atoms with Crippen LogP contribution in [0.25, 0.3) is 5.82 Å². The van der Waals surface area contributed by atoms with Gasteiger partial charge in [0.25, 0.3) is 5.91 Å². The summed E-state index contributed by atoms with van der Waals surface area (Å²) >= 11 is 0. The maximum atomic E-state index is 13.7. The van der Waals surface area contributed by atoms with Gasteiger partial charge in [-0.15, -0.1) is 0 Å². The predicted molar refractivity (Wildman–Crippen MR) is 106 cm³/mol. The summed E-state index contributed by atoms with van der Waals surface area (Å²) in [7, 11) is 0. The van der Waals surface area contributed by atoms with Crippen LogP contribution >= 0.6 is 0 Å². The maximum Gasteiger partial charge on any atom is 0.435 e. The first kappa shape index (κ1) is 22.2. The molecule has 0 spiro atoms. The zero-order valence-corrected chi connectivity index (χ0v) is 17.5. The molecule has 2 aromatic rings. The van der Waals surface area contributed by atoms with Gasteiger partial charge in [0.05, 0.1) is 29.6 Å². The molecule has 4 rings (SSSR count). The van der Waals surface area contributed by atoms with Crippen molar-refractivity contribution in [2.45, 2.75) is 64.3 Å². The van der Waals surface area contributed by atoms with E-state index in [0.717, 1.165) is 17.3 Å². The average Bonchev–Trinajstić information content (AvgIpc) is 3.24. The number of fused-ring (bicyclic) bond motifs is 1. The molecule has 0 aromatic carbocycles. The van der Waals surface area contributed by atoms with E-state index in [4.69, 9.17) is 5.73 Å². The van der Waals surface area contributed by atoms with Crippen molar-refractivity contribution in [2.24, 2.45) is 11.1 Å². The molecule has 2 atom stereocenters. The average molecular weight is 452 g/mol. The number of carbonyl (C=O) groups excluding carboxylic acids is 2. The van der Waals surface area contributed by atoms with Crippen LogP contribution in [-0.2, 0) is 12.6 Å². The number of primary amides is 1. The Morgan fingerprint density at radius 2 is 2.03 bits per heavy atom. The van der Waals surface area contributed by atoms with Gasteiger partial charge in [0.1, 0.15) is 0 Å². The van der Waals surface area contributed by atoms with Crippen molar-refractivity contribution in [3.05, 3.63) is 28.8 Å². The van der Waals surface area contributed by atoms with Gasteiger partial charge in [0, 0.05) is 6.42 Å². The third-order valence-electron chi connectivity index (χ3n) is 5.83. The number of carbonyl (C=O) groups is 2. The summed E-state index contributed by atoms with van der Waals surface area (Å²) in [5, 5.41) is 16.7. The molecule has 12 heteroatoms. The number of halogens is 3. The highest BCUT2D eigenvalue weighted by Crippen LogP contribution is 2.41. The number of Topliss-reactive ketones (excluding diaryl/α,β-unsaturated/α-hetero) is 1. The molecular formula is C20H23F3N6O3. The van der Waals surface area contributed by atoms with Crippen molar-refractivity contribution in [2.75, 3.05) is 5.32 Å². The summed E-state index contributed by atoms with van der Waals surface area (Å²) in [6.45, 7) is 3.57. The molecule has 2 aliphatic carbocycles. The fourth-order valence-corrected chi connectivity index (χ4v) is 4.38. The van der Waals surface area contributed by atoms with E-state index >= 15 is 0 Å². The number of nitrogens with zero attached hydrogens (tertiary/aromatic N) is 4. The Bertz CT molecular complexity index is 1090. The lowest BCUT2D eigenvalue weighted by Crippen LogP contribution is -2.31. The Balaban J connectivity index is 1.86. The molecule has 9 nitrogen and oxygen atoms in total. The number of alkyl halides is 3. The SMILES string of the molecule is CC1(C)CC(=O)c2c(C(F)(F)F)nn(-c3cnc(C(N)=O)c(NC4CCCC4O)n3)c2C1. The number of aliphatic hydroxyl groups is 1. The van der Waals surface area contributed by atoms with Crippen molar-refractivity contribution >= 4 is 17.5 Å². The summed E-state index contributed by atoms with van der Waals surface area (Å²) in [6, 6.07) is -0.407. The first-order valence-corrected chi connectivity index (χ1v) is 10.2. The minimum atomic E-state index is -4.83. The molecule has 0 aliphatic heterocycles. The van der Waals surface area contributed by atoms with Gasteiger partial charge >= 0.3 is 6.18 Å². The fourth-order valence-electron chi connectivity index (χ4n) is 4.38. The maximum absolute atomic E-state index is 13.7. The molecule has 4 N–H and O–H groups in total. The Labute approximate surface area is 181 Å². The number of anilines is 1. The molecule has 1 saturated carbocycles. The third-order valence-corrected chi connectivity index (χ3v) is 5.83. The number of nitrogens with two attached hydrogens (primary N) is 1. The van der Waals surface area contributed by atoms with Gasteiger partial charge in [-0.05, 0) is 31.1 Å². The number of amides is 1. The normalized spacial score (nSPS) is 22.6.